The minimum atomic E-state index is 1.14. The number of hydrogen-bond donors (Lipinski definition) is 0. The van der Waals surface area contributed by atoms with Crippen molar-refractivity contribution in [2.45, 2.75) is 0 Å². The summed E-state index contributed by atoms with van der Waals surface area (Å²) in [6.45, 7) is 7.17. The molecule has 0 fully saturated rings. The molecule has 0 heterocycles. The van der Waals surface area contributed by atoms with E-state index in [1.165, 1.54) is 0 Å². The molecule has 46 valence electrons. The lowest BCUT2D eigenvalue weighted by molar-refractivity contribution is 1.57. The van der Waals surface area contributed by atoms with Gasteiger partial charge < -0.3 is 0 Å². The van der Waals surface area contributed by atoms with Crippen molar-refractivity contribution in [2.75, 3.05) is 11.5 Å². The van der Waals surface area contributed by atoms with Crippen molar-refractivity contribution in [3.8, 4) is 0 Å². The van der Waals surface area contributed by atoms with E-state index in [0.717, 1.165) is 11.5 Å². The monoisotopic (exact) mass is 146 g/mol. The summed E-state index contributed by atoms with van der Waals surface area (Å²) in [5.74, 6) is 2.28. The summed E-state index contributed by atoms with van der Waals surface area (Å²) in [7, 11) is 0. The third kappa shape index (κ3) is 6.18. The molecule has 0 amide bonds. The van der Waals surface area contributed by atoms with Gasteiger partial charge in [0, 0.05) is 11.5 Å². The Balaban J connectivity index is 2.71. The van der Waals surface area contributed by atoms with E-state index in [4.69, 9.17) is 0 Å². The van der Waals surface area contributed by atoms with Crippen molar-refractivity contribution >= 4 is 23.5 Å². The van der Waals surface area contributed by atoms with Crippen molar-refractivity contribution < 1.29 is 0 Å². The first-order valence-electron chi connectivity index (χ1n) is 2.37. The summed E-state index contributed by atoms with van der Waals surface area (Å²) in [6, 6.07) is 0. The molecule has 0 atom stereocenters. The highest BCUT2D eigenvalue weighted by molar-refractivity contribution is 8.05. The van der Waals surface area contributed by atoms with Crippen LogP contribution in [-0.4, -0.2) is 11.5 Å². The quantitative estimate of drug-likeness (QED) is 0.547. The predicted molar refractivity (Wildman–Crippen MR) is 45.3 cm³/mol. The second-order valence-corrected chi connectivity index (χ2v) is 3.22. The van der Waals surface area contributed by atoms with Crippen LogP contribution in [0.25, 0.3) is 0 Å². The van der Waals surface area contributed by atoms with Crippen molar-refractivity contribution in [1.29, 1.82) is 0 Å². The molecule has 0 aliphatic carbocycles. The van der Waals surface area contributed by atoms with Gasteiger partial charge in [0.25, 0.3) is 0 Å². The molecule has 0 radical (unpaired) electrons. The van der Waals surface area contributed by atoms with Crippen LogP contribution >= 0.6 is 23.5 Å². The van der Waals surface area contributed by atoms with Gasteiger partial charge in [-0.1, -0.05) is 13.2 Å². The molecule has 0 saturated carbocycles. The molecule has 8 heavy (non-hydrogen) atoms. The van der Waals surface area contributed by atoms with Crippen molar-refractivity contribution in [3.63, 3.8) is 0 Å². The zero-order chi connectivity index (χ0) is 6.24. The average molecular weight is 146 g/mol. The van der Waals surface area contributed by atoms with Gasteiger partial charge in [0.05, 0.1) is 0 Å². The Hall–Kier alpha value is 0.180. The van der Waals surface area contributed by atoms with Gasteiger partial charge in [-0.3, -0.25) is 0 Å². The minimum Gasteiger partial charge on any atom is -0.134 e. The second-order valence-electron chi connectivity index (χ2n) is 1.07. The molecular weight excluding hydrogens is 136 g/mol. The minimum absolute atomic E-state index is 1.14. The fourth-order valence-corrected chi connectivity index (χ4v) is 1.37. The highest BCUT2D eigenvalue weighted by atomic mass is 32.2. The molecule has 0 aromatic heterocycles. The van der Waals surface area contributed by atoms with Gasteiger partial charge >= 0.3 is 0 Å². The lowest BCUT2D eigenvalue weighted by atomic mass is 11.0. The van der Waals surface area contributed by atoms with Crippen LogP contribution in [0.2, 0.25) is 0 Å². The van der Waals surface area contributed by atoms with Gasteiger partial charge in [-0.15, -0.1) is 23.5 Å². The van der Waals surface area contributed by atoms with Crippen LogP contribution in [0.4, 0.5) is 0 Å². The van der Waals surface area contributed by atoms with Crippen LogP contribution in [0.3, 0.4) is 0 Å². The summed E-state index contributed by atoms with van der Waals surface area (Å²) in [6.07, 6.45) is 0. The molecule has 2 heteroatoms. The number of thioether (sulfide) groups is 2. The maximum atomic E-state index is 3.59. The van der Waals surface area contributed by atoms with Gasteiger partial charge in [0.15, 0.2) is 0 Å². The van der Waals surface area contributed by atoms with E-state index in [-0.39, 0.29) is 0 Å². The summed E-state index contributed by atoms with van der Waals surface area (Å²) in [5, 5.41) is 3.73. The van der Waals surface area contributed by atoms with Gasteiger partial charge in [0.1, 0.15) is 0 Å². The molecule has 0 aromatic rings. The number of rotatable bonds is 5. The van der Waals surface area contributed by atoms with Crippen molar-refractivity contribution in [1.82, 2.24) is 0 Å². The molecule has 0 N–H and O–H groups in total. The molecule has 0 rings (SSSR count). The number of hydrogen-bond acceptors (Lipinski definition) is 2. The van der Waals surface area contributed by atoms with E-state index < -0.39 is 0 Å². The van der Waals surface area contributed by atoms with Gasteiger partial charge in [-0.2, -0.15) is 0 Å². The molecule has 0 unspecified atom stereocenters. The molecule has 0 nitrogen and oxygen atoms in total. The lowest BCUT2D eigenvalue weighted by Gasteiger charge is -1.89. The summed E-state index contributed by atoms with van der Waals surface area (Å²) >= 11 is 3.49. The maximum absolute atomic E-state index is 3.59. The summed E-state index contributed by atoms with van der Waals surface area (Å²) in [4.78, 5) is 0. The van der Waals surface area contributed by atoms with Crippen molar-refractivity contribution in [3.05, 3.63) is 24.0 Å². The summed E-state index contributed by atoms with van der Waals surface area (Å²) < 4.78 is 0. The van der Waals surface area contributed by atoms with Crippen molar-refractivity contribution in [2.24, 2.45) is 0 Å². The van der Waals surface area contributed by atoms with E-state index >= 15 is 0 Å². The van der Waals surface area contributed by atoms with Crippen LogP contribution in [0, 0.1) is 0 Å². The third-order valence-electron chi connectivity index (χ3n) is 0.555. The van der Waals surface area contributed by atoms with Crippen LogP contribution in [-0.2, 0) is 0 Å². The standard InChI is InChI=1S/C6H10S2/c1-3-7-5-6-8-4-2/h3-4H,1-2,5-6H2. The Bertz CT molecular complexity index is 58.9. The molecule has 0 spiro atoms. The fraction of sp³-hybridized carbons (Fsp3) is 0.333. The molecule has 0 bridgehead atoms. The predicted octanol–water partition coefficient (Wildman–Crippen LogP) is 2.74. The van der Waals surface area contributed by atoms with Gasteiger partial charge in [-0.05, 0) is 10.8 Å². The average Bonchev–Trinajstić information content (AvgIpc) is 1.81. The highest BCUT2D eigenvalue weighted by Gasteiger charge is 1.79. The van der Waals surface area contributed by atoms with Gasteiger partial charge in [0.2, 0.25) is 0 Å². The molecular formula is C6H10S2. The smallest absolute Gasteiger partial charge is 0.00681 e. The molecule has 0 aliphatic heterocycles. The Kier molecular flexibility index (Phi) is 7.34. The van der Waals surface area contributed by atoms with Crippen LogP contribution in [0.1, 0.15) is 0 Å². The zero-order valence-electron chi connectivity index (χ0n) is 4.80. The molecule has 0 aliphatic rings. The third-order valence-corrected chi connectivity index (χ3v) is 2.16. The SMILES string of the molecule is C=CSCCSC=C. The topological polar surface area (TPSA) is 0 Å². The largest absolute Gasteiger partial charge is 0.134 e. The normalized spacial score (nSPS) is 8.50. The summed E-state index contributed by atoms with van der Waals surface area (Å²) in [5.41, 5.74) is 0. The van der Waals surface area contributed by atoms with Crippen LogP contribution in [0.15, 0.2) is 24.0 Å². The van der Waals surface area contributed by atoms with E-state index in [2.05, 4.69) is 13.2 Å². The Morgan fingerprint density at radius 1 is 1.00 bits per heavy atom. The Morgan fingerprint density at radius 3 is 1.62 bits per heavy atom. The molecule has 0 saturated heterocycles. The zero-order valence-corrected chi connectivity index (χ0v) is 6.43. The van der Waals surface area contributed by atoms with E-state index in [1.54, 1.807) is 23.5 Å². The first kappa shape index (κ1) is 8.18. The first-order valence-corrected chi connectivity index (χ1v) is 4.46. The Morgan fingerprint density at radius 2 is 1.38 bits per heavy atom. The van der Waals surface area contributed by atoms with Gasteiger partial charge in [-0.25, -0.2) is 0 Å². The lowest BCUT2D eigenvalue weighted by Crippen LogP contribution is -1.76. The van der Waals surface area contributed by atoms with Crippen LogP contribution in [0.5, 0.6) is 0 Å². The second kappa shape index (κ2) is 7.18. The maximum Gasteiger partial charge on any atom is 0.00681 e. The van der Waals surface area contributed by atoms with E-state index in [9.17, 15) is 0 Å². The highest BCUT2D eigenvalue weighted by Crippen LogP contribution is 2.06. The Labute approximate surface area is 59.4 Å². The van der Waals surface area contributed by atoms with E-state index in [0.29, 0.717) is 0 Å². The molecule has 0 aromatic carbocycles. The van der Waals surface area contributed by atoms with E-state index in [1.807, 2.05) is 10.8 Å². The first-order chi connectivity index (χ1) is 3.91. The fourth-order valence-electron chi connectivity index (χ4n) is 0.263. The van der Waals surface area contributed by atoms with Crippen LogP contribution < -0.4 is 0 Å².